The number of hydrogen-bond acceptors (Lipinski definition) is 7. The molecule has 0 radical (unpaired) electrons. The molecule has 7 N–H and O–H groups in total. The molecular weight excluding hydrogens is 336 g/mol. The van der Waals surface area contributed by atoms with E-state index in [1.807, 2.05) is 18.2 Å². The minimum Gasteiger partial charge on any atom is -0.870 e. The van der Waals surface area contributed by atoms with Gasteiger partial charge < -0.3 is 22.3 Å². The first kappa shape index (κ1) is 19.5. The van der Waals surface area contributed by atoms with Crippen LogP contribution in [0.1, 0.15) is 12.0 Å². The molecule has 1 aromatic heterocycles. The van der Waals surface area contributed by atoms with Gasteiger partial charge >= 0.3 is 10.4 Å². The van der Waals surface area contributed by atoms with Gasteiger partial charge in [-0.15, -0.1) is 0 Å². The molecule has 2 rings (SSSR count). The van der Waals surface area contributed by atoms with Crippen molar-refractivity contribution in [3.05, 3.63) is 48.0 Å². The molecule has 0 aliphatic carbocycles. The minimum atomic E-state index is -4.70. The zero-order chi connectivity index (χ0) is 16.9. The van der Waals surface area contributed by atoms with Crippen LogP contribution in [0.25, 0.3) is 0 Å². The summed E-state index contributed by atoms with van der Waals surface area (Å²) in [4.78, 5) is 0. The third-order valence-corrected chi connectivity index (χ3v) is 3.40. The number of anilines is 3. The largest absolute Gasteiger partial charge is 0.870 e. The molecule has 132 valence electrons. The number of hydrogen-bond donors (Lipinski definition) is 4. The number of benzene rings is 1. The van der Waals surface area contributed by atoms with Crippen LogP contribution in [-0.4, -0.2) is 25.0 Å². The van der Waals surface area contributed by atoms with Crippen LogP contribution in [0.3, 0.4) is 0 Å². The van der Waals surface area contributed by atoms with Gasteiger partial charge in [0.15, 0.2) is 0 Å². The standard InChI is InChI=1S/C14H18N4O4S.H2O/c15-13-9-12(10-14(16)18(13)22-23(19,20)21)17-8-4-7-11-5-2-1-3-6-11;/h1-3,5-6,9-10H,4,7-8H2,(H5,15,16,17,19,20,21);1H2. The normalized spacial score (nSPS) is 10.7. The second-order valence-corrected chi connectivity index (χ2v) is 5.91. The van der Waals surface area contributed by atoms with Crippen LogP contribution in [-0.2, 0) is 16.8 Å². The fraction of sp³-hybridized carbons (Fsp3) is 0.214. The molecule has 9 nitrogen and oxygen atoms in total. The van der Waals surface area contributed by atoms with Crippen LogP contribution >= 0.6 is 0 Å². The quantitative estimate of drug-likeness (QED) is 0.311. The van der Waals surface area contributed by atoms with Crippen LogP contribution in [0.5, 0.6) is 0 Å². The first-order valence-electron chi connectivity index (χ1n) is 6.91. The van der Waals surface area contributed by atoms with Crippen LogP contribution in [0.2, 0.25) is 0 Å². The molecule has 0 fully saturated rings. The first-order chi connectivity index (χ1) is 10.8. The van der Waals surface area contributed by atoms with E-state index in [-0.39, 0.29) is 17.1 Å². The maximum atomic E-state index is 10.7. The average Bonchev–Trinajstić information content (AvgIpc) is 2.48. The van der Waals surface area contributed by atoms with E-state index in [1.54, 1.807) is 0 Å². The van der Waals surface area contributed by atoms with Crippen LogP contribution in [0, 0.1) is 0 Å². The van der Waals surface area contributed by atoms with E-state index < -0.39 is 10.4 Å². The van der Waals surface area contributed by atoms with Crippen molar-refractivity contribution >= 4 is 27.7 Å². The lowest BCUT2D eigenvalue weighted by molar-refractivity contribution is -0.833. The molecule has 0 amide bonds. The second-order valence-electron chi connectivity index (χ2n) is 4.91. The summed E-state index contributed by atoms with van der Waals surface area (Å²) in [6, 6.07) is 13.0. The summed E-state index contributed by atoms with van der Waals surface area (Å²) < 4.78 is 35.0. The fourth-order valence-corrected chi connectivity index (χ4v) is 2.44. The number of nitrogens with zero attached hydrogens (tertiary/aromatic N) is 1. The Morgan fingerprint density at radius 1 is 1.12 bits per heavy atom. The molecule has 0 saturated heterocycles. The van der Waals surface area contributed by atoms with Gasteiger partial charge in [0.2, 0.25) is 0 Å². The van der Waals surface area contributed by atoms with Crippen LogP contribution < -0.4 is 25.8 Å². The lowest BCUT2D eigenvalue weighted by Crippen LogP contribution is -2.49. The zero-order valence-electron chi connectivity index (χ0n) is 12.8. The van der Waals surface area contributed by atoms with Crippen molar-refractivity contribution < 1.29 is 27.5 Å². The number of aryl methyl sites for hydroxylation is 1. The van der Waals surface area contributed by atoms with Gasteiger partial charge in [-0.2, -0.15) is 8.42 Å². The van der Waals surface area contributed by atoms with E-state index in [9.17, 15) is 8.42 Å². The Labute approximate surface area is 140 Å². The highest BCUT2D eigenvalue weighted by Crippen LogP contribution is 2.13. The summed E-state index contributed by atoms with van der Waals surface area (Å²) in [5.74, 6) is -0.124. The number of rotatable bonds is 7. The smallest absolute Gasteiger partial charge is 0.476 e. The van der Waals surface area contributed by atoms with Crippen molar-refractivity contribution in [3.8, 4) is 0 Å². The highest BCUT2D eigenvalue weighted by atomic mass is 32.3. The van der Waals surface area contributed by atoms with Crippen LogP contribution in [0.4, 0.5) is 17.3 Å². The van der Waals surface area contributed by atoms with Gasteiger partial charge in [0.05, 0.1) is 0 Å². The van der Waals surface area contributed by atoms with Gasteiger partial charge in [-0.1, -0.05) is 30.3 Å². The molecule has 0 bridgehead atoms. The summed E-state index contributed by atoms with van der Waals surface area (Å²) in [5.41, 5.74) is 13.2. The van der Waals surface area contributed by atoms with Crippen molar-refractivity contribution in [2.45, 2.75) is 12.8 Å². The van der Waals surface area contributed by atoms with Crippen molar-refractivity contribution in [1.29, 1.82) is 0 Å². The maximum absolute atomic E-state index is 10.7. The summed E-state index contributed by atoms with van der Waals surface area (Å²) in [5, 5.41) is 3.15. The first-order valence-corrected chi connectivity index (χ1v) is 8.28. The molecule has 0 aliphatic heterocycles. The highest BCUT2D eigenvalue weighted by Gasteiger charge is 2.18. The number of nitrogens with two attached hydrogens (primary N) is 2. The Hall–Kier alpha value is -2.56. The number of pyridine rings is 1. The van der Waals surface area contributed by atoms with Gasteiger partial charge in [0.1, 0.15) is 0 Å². The topological polar surface area (TPSA) is 162 Å². The Balaban J connectivity index is 0.00000288. The molecular formula is C14H20N4O5S. The van der Waals surface area contributed by atoms with Gasteiger partial charge in [0.25, 0.3) is 11.6 Å². The minimum absolute atomic E-state index is 0. The average molecular weight is 356 g/mol. The summed E-state index contributed by atoms with van der Waals surface area (Å²) in [6.07, 6.45) is 1.83. The van der Waals surface area contributed by atoms with E-state index in [0.717, 1.165) is 12.8 Å². The van der Waals surface area contributed by atoms with Crippen molar-refractivity contribution in [2.24, 2.45) is 0 Å². The van der Waals surface area contributed by atoms with Gasteiger partial charge in [-0.05, 0) is 23.1 Å². The molecule has 0 spiro atoms. The molecule has 1 aromatic carbocycles. The molecule has 0 saturated carbocycles. The van der Waals surface area contributed by atoms with Crippen molar-refractivity contribution in [3.63, 3.8) is 0 Å². The number of aromatic nitrogens is 1. The number of nitrogen functional groups attached to an aromatic ring is 2. The Kier molecular flexibility index (Phi) is 6.77. The monoisotopic (exact) mass is 356 g/mol. The second kappa shape index (κ2) is 8.34. The molecule has 10 heteroatoms. The molecule has 1 heterocycles. The third-order valence-electron chi connectivity index (χ3n) is 3.06. The Morgan fingerprint density at radius 3 is 2.25 bits per heavy atom. The summed E-state index contributed by atoms with van der Waals surface area (Å²) in [6.45, 7) is 0.691. The van der Waals surface area contributed by atoms with E-state index in [2.05, 4.69) is 21.7 Å². The van der Waals surface area contributed by atoms with E-state index >= 15 is 0 Å². The predicted octanol–water partition coefficient (Wildman–Crippen LogP) is 0.238. The lowest BCUT2D eigenvalue weighted by atomic mass is 10.1. The number of nitrogens with one attached hydrogen (secondary N) is 1. The zero-order valence-corrected chi connectivity index (χ0v) is 13.6. The molecule has 24 heavy (non-hydrogen) atoms. The van der Waals surface area contributed by atoms with E-state index in [4.69, 9.17) is 16.0 Å². The highest BCUT2D eigenvalue weighted by molar-refractivity contribution is 7.80. The van der Waals surface area contributed by atoms with Gasteiger partial charge in [0, 0.05) is 24.4 Å². The van der Waals surface area contributed by atoms with E-state index in [0.29, 0.717) is 17.0 Å². The molecule has 0 unspecified atom stereocenters. The predicted molar refractivity (Wildman–Crippen MR) is 88.8 cm³/mol. The van der Waals surface area contributed by atoms with Crippen molar-refractivity contribution in [1.82, 2.24) is 0 Å². The maximum Gasteiger partial charge on any atom is 0.476 e. The van der Waals surface area contributed by atoms with Gasteiger partial charge in [-0.25, -0.2) is 4.28 Å². The lowest BCUT2D eigenvalue weighted by Gasteiger charge is -2.09. The van der Waals surface area contributed by atoms with Crippen molar-refractivity contribution in [2.75, 3.05) is 23.3 Å². The fourth-order valence-electron chi connectivity index (χ4n) is 2.08. The Morgan fingerprint density at radius 2 is 1.71 bits per heavy atom. The third kappa shape index (κ3) is 5.91. The van der Waals surface area contributed by atoms with Gasteiger partial charge in [-0.3, -0.25) is 4.55 Å². The van der Waals surface area contributed by atoms with Crippen LogP contribution in [0.15, 0.2) is 42.5 Å². The summed E-state index contributed by atoms with van der Waals surface area (Å²) in [7, 11) is -4.70. The SMILES string of the molecule is Nc1cc(NCCCc2ccccc2)cc(N)[n+]1OS(=O)(=O)O.[OH-]. The molecule has 0 atom stereocenters. The Bertz CT molecular complexity index is 745. The molecule has 0 aliphatic rings. The molecule has 2 aromatic rings. The summed E-state index contributed by atoms with van der Waals surface area (Å²) >= 11 is 0. The van der Waals surface area contributed by atoms with E-state index in [1.165, 1.54) is 17.7 Å².